The molecule has 5 unspecified atom stereocenters. The molecular weight excluding hydrogens is 256 g/mol. The van der Waals surface area contributed by atoms with Gasteiger partial charge in [-0.25, -0.2) is 0 Å². The first-order chi connectivity index (χ1) is 9.53. The van der Waals surface area contributed by atoms with Crippen LogP contribution in [0.5, 0.6) is 0 Å². The zero-order chi connectivity index (χ0) is 16.0. The second-order valence-corrected chi connectivity index (χ2v) is 9.91. The molecule has 0 N–H and O–H groups in total. The van der Waals surface area contributed by atoms with Gasteiger partial charge in [-0.05, 0) is 60.7 Å². The molecule has 0 amide bonds. The number of carbonyl (C=O) groups excluding carboxylic acids is 1. The van der Waals surface area contributed by atoms with Crippen LogP contribution in [0.1, 0.15) is 80.6 Å². The Morgan fingerprint density at radius 2 is 1.71 bits per heavy atom. The lowest BCUT2D eigenvalue weighted by Crippen LogP contribution is -2.38. The van der Waals surface area contributed by atoms with Crippen LogP contribution < -0.4 is 0 Å². The van der Waals surface area contributed by atoms with E-state index in [0.29, 0.717) is 17.6 Å². The van der Waals surface area contributed by atoms with E-state index in [1.807, 2.05) is 0 Å². The molecule has 2 aliphatic carbocycles. The highest BCUT2D eigenvalue weighted by Crippen LogP contribution is 2.54. The molecular formula is C20H36O. The van der Waals surface area contributed by atoms with Crippen molar-refractivity contribution < 1.29 is 4.79 Å². The number of carbonyl (C=O) groups is 1. The van der Waals surface area contributed by atoms with Crippen LogP contribution in [0.3, 0.4) is 0 Å². The van der Waals surface area contributed by atoms with Crippen molar-refractivity contribution in [2.45, 2.75) is 80.6 Å². The number of Topliss-reactive ketones (excluding diaryl/α,β-unsaturated/α-hetero) is 1. The predicted octanol–water partition coefficient (Wildman–Crippen LogP) is 5.73. The van der Waals surface area contributed by atoms with Crippen LogP contribution in [0.25, 0.3) is 0 Å². The summed E-state index contributed by atoms with van der Waals surface area (Å²) in [4.78, 5) is 13.1. The van der Waals surface area contributed by atoms with E-state index in [0.717, 1.165) is 30.6 Å². The highest BCUT2D eigenvalue weighted by Gasteiger charge is 2.47. The van der Waals surface area contributed by atoms with Crippen LogP contribution in [0.2, 0.25) is 0 Å². The molecule has 0 aromatic heterocycles. The molecule has 0 radical (unpaired) electrons. The zero-order valence-corrected chi connectivity index (χ0v) is 15.3. The smallest absolute Gasteiger partial charge is 0.139 e. The van der Waals surface area contributed by atoms with Crippen molar-refractivity contribution in [1.82, 2.24) is 0 Å². The Kier molecular flexibility index (Phi) is 4.63. The summed E-state index contributed by atoms with van der Waals surface area (Å²) in [5, 5.41) is 0. The minimum Gasteiger partial charge on any atom is -0.299 e. The minimum atomic E-state index is -0.149. The number of hydrogen-bond donors (Lipinski definition) is 0. The van der Waals surface area contributed by atoms with Crippen LogP contribution >= 0.6 is 0 Å². The Labute approximate surface area is 132 Å². The molecule has 5 atom stereocenters. The molecule has 122 valence electrons. The third-order valence-corrected chi connectivity index (χ3v) is 6.54. The first-order valence-electron chi connectivity index (χ1n) is 9.06. The van der Waals surface area contributed by atoms with E-state index in [9.17, 15) is 4.79 Å². The maximum absolute atomic E-state index is 13.1. The Morgan fingerprint density at radius 3 is 2.14 bits per heavy atom. The molecule has 0 aromatic rings. The quantitative estimate of drug-likeness (QED) is 0.632. The Balaban J connectivity index is 2.06. The fourth-order valence-corrected chi connectivity index (χ4v) is 5.30. The maximum atomic E-state index is 13.1. The summed E-state index contributed by atoms with van der Waals surface area (Å²) in [6.07, 6.45) is 5.99. The highest BCUT2D eigenvalue weighted by molar-refractivity contribution is 5.85. The van der Waals surface area contributed by atoms with Gasteiger partial charge < -0.3 is 0 Å². The van der Waals surface area contributed by atoms with Crippen LogP contribution in [0.15, 0.2) is 0 Å². The van der Waals surface area contributed by atoms with E-state index in [2.05, 4.69) is 48.5 Å². The van der Waals surface area contributed by atoms with Gasteiger partial charge in [-0.1, -0.05) is 48.5 Å². The van der Waals surface area contributed by atoms with E-state index in [1.54, 1.807) is 0 Å². The molecule has 0 saturated heterocycles. The molecule has 1 nitrogen and oxygen atoms in total. The van der Waals surface area contributed by atoms with Gasteiger partial charge >= 0.3 is 0 Å². The van der Waals surface area contributed by atoms with Crippen molar-refractivity contribution in [1.29, 1.82) is 0 Å². The Morgan fingerprint density at radius 1 is 1.10 bits per heavy atom. The van der Waals surface area contributed by atoms with Crippen molar-refractivity contribution in [2.24, 2.45) is 40.4 Å². The lowest BCUT2D eigenvalue weighted by atomic mass is 9.64. The van der Waals surface area contributed by atoms with E-state index in [4.69, 9.17) is 0 Å². The van der Waals surface area contributed by atoms with E-state index in [-0.39, 0.29) is 10.8 Å². The lowest BCUT2D eigenvalue weighted by molar-refractivity contribution is -0.133. The third kappa shape index (κ3) is 3.54. The molecule has 0 aliphatic heterocycles. The van der Waals surface area contributed by atoms with Crippen molar-refractivity contribution in [3.8, 4) is 0 Å². The van der Waals surface area contributed by atoms with Gasteiger partial charge in [0.2, 0.25) is 0 Å². The largest absolute Gasteiger partial charge is 0.299 e. The molecule has 2 bridgehead atoms. The van der Waals surface area contributed by atoms with Crippen molar-refractivity contribution in [2.75, 3.05) is 0 Å². The van der Waals surface area contributed by atoms with Crippen LogP contribution in [0.4, 0.5) is 0 Å². The summed E-state index contributed by atoms with van der Waals surface area (Å²) in [6.45, 7) is 15.9. The summed E-state index contributed by atoms with van der Waals surface area (Å²) in [7, 11) is 0. The van der Waals surface area contributed by atoms with Crippen molar-refractivity contribution in [3.05, 3.63) is 0 Å². The number of rotatable bonds is 5. The minimum absolute atomic E-state index is 0.149. The Bertz CT molecular complexity index is 389. The van der Waals surface area contributed by atoms with Gasteiger partial charge in [-0.3, -0.25) is 4.79 Å². The first kappa shape index (κ1) is 17.0. The molecule has 2 aliphatic rings. The van der Waals surface area contributed by atoms with E-state index < -0.39 is 0 Å². The standard InChI is InChI=1S/C20H36O/c1-13(2)20(7,12-19(4,5)6)18(21)11-16-9-15-8-14(3)17(16)10-15/h13-17H,8-12H2,1-7H3. The first-order valence-corrected chi connectivity index (χ1v) is 9.06. The van der Waals surface area contributed by atoms with Gasteiger partial charge in [-0.2, -0.15) is 0 Å². The monoisotopic (exact) mass is 292 g/mol. The second-order valence-electron chi connectivity index (χ2n) is 9.91. The third-order valence-electron chi connectivity index (χ3n) is 6.54. The fourth-order valence-electron chi connectivity index (χ4n) is 5.30. The summed E-state index contributed by atoms with van der Waals surface area (Å²) < 4.78 is 0. The van der Waals surface area contributed by atoms with Crippen LogP contribution in [-0.4, -0.2) is 5.78 Å². The number of fused-ring (bicyclic) bond motifs is 2. The van der Waals surface area contributed by atoms with Gasteiger partial charge in [0.05, 0.1) is 0 Å². The highest BCUT2D eigenvalue weighted by atomic mass is 16.1. The molecule has 0 aromatic carbocycles. The average molecular weight is 293 g/mol. The summed E-state index contributed by atoms with van der Waals surface area (Å²) in [5.41, 5.74) is 0.0694. The number of ketones is 1. The Hall–Kier alpha value is -0.330. The lowest BCUT2D eigenvalue weighted by Gasteiger charge is -2.39. The van der Waals surface area contributed by atoms with Crippen LogP contribution in [0, 0.1) is 40.4 Å². The maximum Gasteiger partial charge on any atom is 0.139 e. The molecule has 21 heavy (non-hydrogen) atoms. The zero-order valence-electron chi connectivity index (χ0n) is 15.3. The molecule has 2 fully saturated rings. The topological polar surface area (TPSA) is 17.1 Å². The van der Waals surface area contributed by atoms with E-state index in [1.165, 1.54) is 19.3 Å². The van der Waals surface area contributed by atoms with Gasteiger partial charge in [0.1, 0.15) is 5.78 Å². The van der Waals surface area contributed by atoms with Gasteiger partial charge in [0.15, 0.2) is 0 Å². The number of hydrogen-bond acceptors (Lipinski definition) is 1. The van der Waals surface area contributed by atoms with Gasteiger partial charge in [0.25, 0.3) is 0 Å². The molecule has 1 heteroatoms. The summed E-state index contributed by atoms with van der Waals surface area (Å²) in [6, 6.07) is 0. The second kappa shape index (κ2) is 5.70. The molecule has 0 spiro atoms. The molecule has 0 heterocycles. The fraction of sp³-hybridized carbons (Fsp3) is 0.950. The van der Waals surface area contributed by atoms with Crippen molar-refractivity contribution in [3.63, 3.8) is 0 Å². The van der Waals surface area contributed by atoms with Crippen LogP contribution in [-0.2, 0) is 4.79 Å². The molecule has 2 saturated carbocycles. The average Bonchev–Trinajstić information content (AvgIpc) is 2.84. The molecule has 2 rings (SSSR count). The summed E-state index contributed by atoms with van der Waals surface area (Å²) in [5.74, 6) is 4.27. The normalized spacial score (nSPS) is 35.2. The predicted molar refractivity (Wildman–Crippen MR) is 90.1 cm³/mol. The van der Waals surface area contributed by atoms with E-state index >= 15 is 0 Å². The SMILES string of the molecule is CC1CC2CC(CC(=O)C(C)(CC(C)(C)C)C(C)C)C1C2. The van der Waals surface area contributed by atoms with Gasteiger partial charge in [-0.15, -0.1) is 0 Å². The summed E-state index contributed by atoms with van der Waals surface area (Å²) >= 11 is 0. The van der Waals surface area contributed by atoms with Crippen molar-refractivity contribution >= 4 is 5.78 Å². The van der Waals surface area contributed by atoms with Gasteiger partial charge in [0, 0.05) is 11.8 Å².